The van der Waals surface area contributed by atoms with Crippen LogP contribution in [0.25, 0.3) is 0 Å². The fourth-order valence-electron chi connectivity index (χ4n) is 2.13. The maximum Gasteiger partial charge on any atom is 0.254 e. The zero-order valence-corrected chi connectivity index (χ0v) is 12.9. The molecule has 1 aliphatic rings. The molecular formula is C14H19BrN2O2. The highest BCUT2D eigenvalue weighted by Gasteiger charge is 2.20. The number of ether oxygens (including phenoxy) is 1. The van der Waals surface area contributed by atoms with Gasteiger partial charge in [-0.25, -0.2) is 0 Å². The van der Waals surface area contributed by atoms with E-state index >= 15 is 0 Å². The lowest BCUT2D eigenvalue weighted by Crippen LogP contribution is -2.45. The Morgan fingerprint density at radius 3 is 3.05 bits per heavy atom. The predicted molar refractivity (Wildman–Crippen MR) is 78.4 cm³/mol. The Kier molecular flexibility index (Phi) is 4.96. The van der Waals surface area contributed by atoms with Crippen LogP contribution in [0.4, 0.5) is 0 Å². The summed E-state index contributed by atoms with van der Waals surface area (Å²) in [5.41, 5.74) is 1.78. The first-order chi connectivity index (χ1) is 9.08. The van der Waals surface area contributed by atoms with Crippen LogP contribution in [0.2, 0.25) is 0 Å². The lowest BCUT2D eigenvalue weighted by molar-refractivity contribution is 0.0103. The minimum Gasteiger partial charge on any atom is -0.374 e. The van der Waals surface area contributed by atoms with Crippen LogP contribution in [0.3, 0.4) is 0 Å². The smallest absolute Gasteiger partial charge is 0.254 e. The predicted octanol–water partition coefficient (Wildman–Crippen LogP) is 1.82. The zero-order chi connectivity index (χ0) is 13.8. The molecule has 1 heterocycles. The molecule has 1 fully saturated rings. The normalized spacial score (nSPS) is 19.2. The van der Waals surface area contributed by atoms with Crippen LogP contribution in [-0.2, 0) is 4.74 Å². The number of carbonyl (C=O) groups is 1. The van der Waals surface area contributed by atoms with Crippen LogP contribution >= 0.6 is 15.9 Å². The third kappa shape index (κ3) is 3.78. The Hall–Kier alpha value is -0.910. The van der Waals surface area contributed by atoms with E-state index in [0.29, 0.717) is 18.7 Å². The monoisotopic (exact) mass is 326 g/mol. The van der Waals surface area contributed by atoms with E-state index in [1.807, 2.05) is 32.2 Å². The molecule has 1 atom stereocenters. The largest absolute Gasteiger partial charge is 0.374 e. The first kappa shape index (κ1) is 14.5. The van der Waals surface area contributed by atoms with Crippen molar-refractivity contribution < 1.29 is 9.53 Å². The fourth-order valence-corrected chi connectivity index (χ4v) is 2.55. The molecule has 19 heavy (non-hydrogen) atoms. The van der Waals surface area contributed by atoms with Crippen molar-refractivity contribution >= 4 is 21.8 Å². The highest BCUT2D eigenvalue weighted by molar-refractivity contribution is 9.10. The maximum atomic E-state index is 12.4. The van der Waals surface area contributed by atoms with Crippen LogP contribution in [0.1, 0.15) is 15.9 Å². The summed E-state index contributed by atoms with van der Waals surface area (Å²) < 4.78 is 6.45. The number of nitrogens with one attached hydrogen (secondary N) is 1. The molecule has 104 valence electrons. The van der Waals surface area contributed by atoms with Crippen LogP contribution < -0.4 is 5.32 Å². The first-order valence-electron chi connectivity index (χ1n) is 6.42. The molecule has 0 aromatic heterocycles. The van der Waals surface area contributed by atoms with Gasteiger partial charge in [-0.05, 0) is 35.0 Å². The number of hydrogen-bond acceptors (Lipinski definition) is 3. The van der Waals surface area contributed by atoms with Gasteiger partial charge in [0, 0.05) is 31.2 Å². The van der Waals surface area contributed by atoms with Gasteiger partial charge < -0.3 is 15.0 Å². The molecule has 1 aliphatic heterocycles. The van der Waals surface area contributed by atoms with Crippen LogP contribution in [0.5, 0.6) is 0 Å². The number of nitrogens with zero attached hydrogens (tertiary/aromatic N) is 1. The average molecular weight is 327 g/mol. The molecule has 1 N–H and O–H groups in total. The van der Waals surface area contributed by atoms with E-state index in [0.717, 1.165) is 23.1 Å². The fraction of sp³-hybridized carbons (Fsp3) is 0.500. The molecule has 0 aliphatic carbocycles. The molecule has 1 unspecified atom stereocenters. The van der Waals surface area contributed by atoms with Crippen molar-refractivity contribution in [2.24, 2.45) is 0 Å². The van der Waals surface area contributed by atoms with E-state index in [2.05, 4.69) is 21.2 Å². The van der Waals surface area contributed by atoms with Crippen LogP contribution in [0.15, 0.2) is 22.7 Å². The second kappa shape index (κ2) is 6.50. The third-order valence-corrected chi connectivity index (χ3v) is 3.87. The third-order valence-electron chi connectivity index (χ3n) is 3.18. The number of halogens is 1. The molecule has 0 spiro atoms. The van der Waals surface area contributed by atoms with Crippen molar-refractivity contribution in [3.05, 3.63) is 33.8 Å². The van der Waals surface area contributed by atoms with Crippen molar-refractivity contribution in [3.63, 3.8) is 0 Å². The van der Waals surface area contributed by atoms with Gasteiger partial charge in [0.25, 0.3) is 5.91 Å². The maximum absolute atomic E-state index is 12.4. The Morgan fingerprint density at radius 1 is 1.58 bits per heavy atom. The van der Waals surface area contributed by atoms with Gasteiger partial charge in [-0.3, -0.25) is 4.79 Å². The first-order valence-corrected chi connectivity index (χ1v) is 7.21. The standard InChI is InChI=1S/C14H19BrN2O2/c1-10-3-4-13(15)12(7-10)14(18)17(2)9-11-8-16-5-6-19-11/h3-4,7,11,16H,5-6,8-9H2,1-2H3. The number of rotatable bonds is 3. The number of aryl methyl sites for hydroxylation is 1. The number of morpholine rings is 1. The van der Waals surface area contributed by atoms with Gasteiger partial charge in [0.05, 0.1) is 18.3 Å². The Labute approximate surface area is 122 Å². The number of likely N-dealkylation sites (N-methyl/N-ethyl adjacent to an activating group) is 1. The number of hydrogen-bond donors (Lipinski definition) is 1. The lowest BCUT2D eigenvalue weighted by Gasteiger charge is -2.28. The molecule has 2 rings (SSSR count). The summed E-state index contributed by atoms with van der Waals surface area (Å²) in [5.74, 6) is 0.0183. The second-order valence-corrected chi connectivity index (χ2v) is 5.72. The SMILES string of the molecule is Cc1ccc(Br)c(C(=O)N(C)CC2CNCCO2)c1. The Morgan fingerprint density at radius 2 is 2.37 bits per heavy atom. The van der Waals surface area contributed by atoms with Crippen molar-refractivity contribution in [1.82, 2.24) is 10.2 Å². The molecule has 1 aromatic carbocycles. The molecule has 4 nitrogen and oxygen atoms in total. The van der Waals surface area contributed by atoms with Gasteiger partial charge in [-0.2, -0.15) is 0 Å². The molecule has 1 saturated heterocycles. The molecule has 0 saturated carbocycles. The molecule has 0 bridgehead atoms. The lowest BCUT2D eigenvalue weighted by atomic mass is 10.1. The summed E-state index contributed by atoms with van der Waals surface area (Å²) in [6, 6.07) is 5.80. The molecule has 1 aromatic rings. The summed E-state index contributed by atoms with van der Waals surface area (Å²) in [6.45, 7) is 4.98. The van der Waals surface area contributed by atoms with E-state index in [1.165, 1.54) is 0 Å². The van der Waals surface area contributed by atoms with E-state index in [4.69, 9.17) is 4.74 Å². The molecular weight excluding hydrogens is 308 g/mol. The van der Waals surface area contributed by atoms with Gasteiger partial charge in [0.1, 0.15) is 0 Å². The summed E-state index contributed by atoms with van der Waals surface area (Å²) in [6.07, 6.45) is 0.0753. The zero-order valence-electron chi connectivity index (χ0n) is 11.3. The minimum atomic E-state index is 0.0183. The second-order valence-electron chi connectivity index (χ2n) is 4.87. The molecule has 0 radical (unpaired) electrons. The van der Waals surface area contributed by atoms with Crippen LogP contribution in [0, 0.1) is 6.92 Å². The topological polar surface area (TPSA) is 41.6 Å². The van der Waals surface area contributed by atoms with Crippen molar-refractivity contribution in [2.45, 2.75) is 13.0 Å². The van der Waals surface area contributed by atoms with Gasteiger partial charge in [0.2, 0.25) is 0 Å². The molecule has 5 heteroatoms. The van der Waals surface area contributed by atoms with E-state index in [9.17, 15) is 4.79 Å². The van der Waals surface area contributed by atoms with Crippen molar-refractivity contribution in [1.29, 1.82) is 0 Å². The van der Waals surface area contributed by atoms with E-state index < -0.39 is 0 Å². The van der Waals surface area contributed by atoms with Gasteiger partial charge in [-0.15, -0.1) is 0 Å². The molecule has 1 amide bonds. The highest BCUT2D eigenvalue weighted by atomic mass is 79.9. The van der Waals surface area contributed by atoms with Crippen LogP contribution in [-0.4, -0.2) is 50.2 Å². The number of benzene rings is 1. The highest BCUT2D eigenvalue weighted by Crippen LogP contribution is 2.19. The summed E-state index contributed by atoms with van der Waals surface area (Å²) >= 11 is 3.43. The van der Waals surface area contributed by atoms with Crippen molar-refractivity contribution in [2.75, 3.05) is 33.3 Å². The summed E-state index contributed by atoms with van der Waals surface area (Å²) in [7, 11) is 1.81. The van der Waals surface area contributed by atoms with E-state index in [-0.39, 0.29) is 12.0 Å². The van der Waals surface area contributed by atoms with Gasteiger partial charge in [0.15, 0.2) is 0 Å². The summed E-state index contributed by atoms with van der Waals surface area (Å²) in [4.78, 5) is 14.1. The van der Waals surface area contributed by atoms with Crippen molar-refractivity contribution in [3.8, 4) is 0 Å². The van der Waals surface area contributed by atoms with Gasteiger partial charge >= 0.3 is 0 Å². The summed E-state index contributed by atoms with van der Waals surface area (Å²) in [5, 5.41) is 3.27. The van der Waals surface area contributed by atoms with Gasteiger partial charge in [-0.1, -0.05) is 11.6 Å². The number of carbonyl (C=O) groups excluding carboxylic acids is 1. The quantitative estimate of drug-likeness (QED) is 0.921. The Balaban J connectivity index is 2.03. The Bertz CT molecular complexity index is 459. The van der Waals surface area contributed by atoms with E-state index in [1.54, 1.807) is 4.90 Å². The minimum absolute atomic E-state index is 0.0183. The average Bonchev–Trinajstić information content (AvgIpc) is 2.42. The number of amides is 1.